The standard InChI is InChI=1S/C14H25N3O2S/c1-14(2,10-17(3)4)9-15-13-16-11(8-20-13)6-7-12(18)19-5/h8H,6-7,9-10H2,1-5H3,(H,15,16). The Morgan fingerprint density at radius 2 is 2.20 bits per heavy atom. The number of anilines is 1. The molecule has 1 aromatic rings. The van der Waals surface area contributed by atoms with Crippen molar-refractivity contribution in [2.75, 3.05) is 39.6 Å². The van der Waals surface area contributed by atoms with Gasteiger partial charge >= 0.3 is 5.97 Å². The first-order chi connectivity index (χ1) is 9.32. The molecule has 0 unspecified atom stereocenters. The van der Waals surface area contributed by atoms with Gasteiger partial charge in [-0.2, -0.15) is 0 Å². The Kier molecular flexibility index (Phi) is 6.42. The largest absolute Gasteiger partial charge is 0.469 e. The highest BCUT2D eigenvalue weighted by Crippen LogP contribution is 2.21. The zero-order valence-electron chi connectivity index (χ0n) is 13.0. The van der Waals surface area contributed by atoms with E-state index in [1.54, 1.807) is 11.3 Å². The number of aromatic nitrogens is 1. The van der Waals surface area contributed by atoms with Crippen LogP contribution in [0, 0.1) is 5.41 Å². The summed E-state index contributed by atoms with van der Waals surface area (Å²) in [6, 6.07) is 0. The summed E-state index contributed by atoms with van der Waals surface area (Å²) in [7, 11) is 5.56. The first-order valence-electron chi connectivity index (χ1n) is 6.72. The van der Waals surface area contributed by atoms with E-state index >= 15 is 0 Å². The predicted octanol–water partition coefficient (Wildman–Crippen LogP) is 2.25. The van der Waals surface area contributed by atoms with Gasteiger partial charge in [-0.1, -0.05) is 13.8 Å². The summed E-state index contributed by atoms with van der Waals surface area (Å²) in [5.74, 6) is -0.195. The van der Waals surface area contributed by atoms with Gasteiger partial charge in [0.2, 0.25) is 0 Å². The molecule has 0 fully saturated rings. The lowest BCUT2D eigenvalue weighted by Gasteiger charge is -2.28. The number of nitrogens with one attached hydrogen (secondary N) is 1. The van der Waals surface area contributed by atoms with Gasteiger partial charge in [-0.25, -0.2) is 4.98 Å². The fraction of sp³-hybridized carbons (Fsp3) is 0.714. The van der Waals surface area contributed by atoms with Crippen LogP contribution in [0.5, 0.6) is 0 Å². The third-order valence-corrected chi connectivity index (χ3v) is 3.68. The Hall–Kier alpha value is -1.14. The Morgan fingerprint density at radius 1 is 1.50 bits per heavy atom. The maximum atomic E-state index is 11.1. The number of thiazole rings is 1. The normalized spacial score (nSPS) is 11.7. The molecule has 0 aliphatic carbocycles. The summed E-state index contributed by atoms with van der Waals surface area (Å²) in [6.07, 6.45) is 1.01. The number of aryl methyl sites for hydroxylation is 1. The lowest BCUT2D eigenvalue weighted by molar-refractivity contribution is -0.140. The van der Waals surface area contributed by atoms with Crippen molar-refractivity contribution in [3.63, 3.8) is 0 Å². The van der Waals surface area contributed by atoms with Crippen LogP contribution in [0.2, 0.25) is 0 Å². The van der Waals surface area contributed by atoms with Crippen molar-refractivity contribution in [1.29, 1.82) is 0 Å². The predicted molar refractivity (Wildman–Crippen MR) is 83.3 cm³/mol. The van der Waals surface area contributed by atoms with E-state index in [4.69, 9.17) is 0 Å². The summed E-state index contributed by atoms with van der Waals surface area (Å²) in [6.45, 7) is 6.34. The van der Waals surface area contributed by atoms with E-state index < -0.39 is 0 Å². The maximum absolute atomic E-state index is 11.1. The topological polar surface area (TPSA) is 54.5 Å². The summed E-state index contributed by atoms with van der Waals surface area (Å²) >= 11 is 1.58. The molecule has 0 atom stereocenters. The van der Waals surface area contributed by atoms with E-state index in [2.05, 4.69) is 47.9 Å². The van der Waals surface area contributed by atoms with Gasteiger partial charge in [0.05, 0.1) is 19.2 Å². The van der Waals surface area contributed by atoms with Crippen LogP contribution in [0.1, 0.15) is 26.0 Å². The minimum Gasteiger partial charge on any atom is -0.469 e. The summed E-state index contributed by atoms with van der Waals surface area (Å²) < 4.78 is 4.62. The molecule has 0 aliphatic heterocycles. The van der Waals surface area contributed by atoms with Gasteiger partial charge < -0.3 is 15.0 Å². The Labute approximate surface area is 125 Å². The van der Waals surface area contributed by atoms with Crippen molar-refractivity contribution in [1.82, 2.24) is 9.88 Å². The Balaban J connectivity index is 2.42. The highest BCUT2D eigenvalue weighted by atomic mass is 32.1. The lowest BCUT2D eigenvalue weighted by atomic mass is 9.93. The molecule has 0 aromatic carbocycles. The van der Waals surface area contributed by atoms with Gasteiger partial charge in [-0.3, -0.25) is 4.79 Å². The maximum Gasteiger partial charge on any atom is 0.305 e. The molecular weight excluding hydrogens is 274 g/mol. The highest BCUT2D eigenvalue weighted by Gasteiger charge is 2.19. The SMILES string of the molecule is COC(=O)CCc1csc(NCC(C)(C)CN(C)C)n1. The van der Waals surface area contributed by atoms with Gasteiger partial charge in [0, 0.05) is 24.9 Å². The first-order valence-corrected chi connectivity index (χ1v) is 7.60. The number of hydrogen-bond acceptors (Lipinski definition) is 6. The molecule has 0 amide bonds. The van der Waals surface area contributed by atoms with Crippen LogP contribution in [-0.2, 0) is 16.0 Å². The molecule has 1 heterocycles. The number of ether oxygens (including phenoxy) is 1. The third-order valence-electron chi connectivity index (χ3n) is 2.83. The van der Waals surface area contributed by atoms with Crippen LogP contribution >= 0.6 is 11.3 Å². The monoisotopic (exact) mass is 299 g/mol. The van der Waals surface area contributed by atoms with Crippen molar-refractivity contribution in [2.45, 2.75) is 26.7 Å². The smallest absolute Gasteiger partial charge is 0.305 e. The van der Waals surface area contributed by atoms with Crippen LogP contribution in [-0.4, -0.2) is 50.1 Å². The van der Waals surface area contributed by atoms with E-state index in [9.17, 15) is 4.79 Å². The number of rotatable bonds is 8. The first kappa shape index (κ1) is 16.9. The second-order valence-corrected chi connectivity index (χ2v) is 6.83. The number of carbonyl (C=O) groups excluding carboxylic acids is 1. The molecule has 20 heavy (non-hydrogen) atoms. The van der Waals surface area contributed by atoms with Crippen LogP contribution < -0.4 is 5.32 Å². The number of esters is 1. The second-order valence-electron chi connectivity index (χ2n) is 5.98. The molecule has 0 bridgehead atoms. The molecule has 0 aliphatic rings. The second kappa shape index (κ2) is 7.59. The summed E-state index contributed by atoms with van der Waals surface area (Å²) in [5, 5.41) is 6.28. The lowest BCUT2D eigenvalue weighted by Crippen LogP contribution is -2.34. The van der Waals surface area contributed by atoms with Crippen molar-refractivity contribution >= 4 is 22.4 Å². The number of hydrogen-bond donors (Lipinski definition) is 1. The van der Waals surface area contributed by atoms with Crippen molar-refractivity contribution in [2.24, 2.45) is 5.41 Å². The van der Waals surface area contributed by atoms with Crippen LogP contribution in [0.25, 0.3) is 0 Å². The number of methoxy groups -OCH3 is 1. The average molecular weight is 299 g/mol. The van der Waals surface area contributed by atoms with E-state index in [-0.39, 0.29) is 11.4 Å². The quantitative estimate of drug-likeness (QED) is 0.746. The molecule has 1 aromatic heterocycles. The van der Waals surface area contributed by atoms with E-state index in [1.807, 2.05) is 5.38 Å². The van der Waals surface area contributed by atoms with Gasteiger partial charge in [0.1, 0.15) is 0 Å². The number of carbonyl (C=O) groups is 1. The molecule has 0 radical (unpaired) electrons. The molecule has 0 spiro atoms. The van der Waals surface area contributed by atoms with Gasteiger partial charge in [0.15, 0.2) is 5.13 Å². The fourth-order valence-corrected chi connectivity index (χ4v) is 2.81. The highest BCUT2D eigenvalue weighted by molar-refractivity contribution is 7.13. The van der Waals surface area contributed by atoms with Crippen LogP contribution in [0.3, 0.4) is 0 Å². The number of nitrogens with zero attached hydrogens (tertiary/aromatic N) is 2. The van der Waals surface area contributed by atoms with E-state index in [1.165, 1.54) is 7.11 Å². The molecule has 114 valence electrons. The van der Waals surface area contributed by atoms with Crippen LogP contribution in [0.4, 0.5) is 5.13 Å². The molecule has 5 nitrogen and oxygen atoms in total. The molecular formula is C14H25N3O2S. The minimum absolute atomic E-state index is 0.182. The van der Waals surface area contributed by atoms with Crippen molar-refractivity contribution < 1.29 is 9.53 Å². The minimum atomic E-state index is -0.195. The van der Waals surface area contributed by atoms with Gasteiger partial charge in [0.25, 0.3) is 0 Å². The molecule has 1 rings (SSSR count). The third kappa shape index (κ3) is 6.34. The van der Waals surface area contributed by atoms with Gasteiger partial charge in [-0.15, -0.1) is 11.3 Å². The van der Waals surface area contributed by atoms with Crippen LogP contribution in [0.15, 0.2) is 5.38 Å². The summed E-state index contributed by atoms with van der Waals surface area (Å²) in [5.41, 5.74) is 1.12. The van der Waals surface area contributed by atoms with Gasteiger partial charge in [-0.05, 0) is 19.5 Å². The molecule has 0 saturated carbocycles. The molecule has 0 saturated heterocycles. The molecule has 1 N–H and O–H groups in total. The zero-order chi connectivity index (χ0) is 15.2. The Morgan fingerprint density at radius 3 is 2.80 bits per heavy atom. The van der Waals surface area contributed by atoms with Crippen molar-refractivity contribution in [3.05, 3.63) is 11.1 Å². The van der Waals surface area contributed by atoms with E-state index in [0.29, 0.717) is 12.8 Å². The average Bonchev–Trinajstić information content (AvgIpc) is 2.80. The van der Waals surface area contributed by atoms with Crippen molar-refractivity contribution in [3.8, 4) is 0 Å². The fourth-order valence-electron chi connectivity index (χ4n) is 2.06. The Bertz CT molecular complexity index is 430. The summed E-state index contributed by atoms with van der Waals surface area (Å²) in [4.78, 5) is 17.8. The molecule has 6 heteroatoms. The van der Waals surface area contributed by atoms with E-state index in [0.717, 1.165) is 23.9 Å². The zero-order valence-corrected chi connectivity index (χ0v) is 13.8.